The summed E-state index contributed by atoms with van der Waals surface area (Å²) in [6, 6.07) is 6.65. The summed E-state index contributed by atoms with van der Waals surface area (Å²) < 4.78 is 27.4. The molecule has 0 saturated carbocycles. The minimum atomic E-state index is -2.72. The molecule has 5 heteroatoms. The first-order valence-corrected chi connectivity index (χ1v) is 5.22. The van der Waals surface area contributed by atoms with Crippen LogP contribution in [0, 0.1) is 0 Å². The van der Waals surface area contributed by atoms with Gasteiger partial charge in [-0.15, -0.1) is 12.4 Å². The van der Waals surface area contributed by atoms with Crippen molar-refractivity contribution in [3.63, 3.8) is 0 Å². The van der Waals surface area contributed by atoms with Crippen LogP contribution in [0.1, 0.15) is 18.9 Å². The third-order valence-corrected chi connectivity index (χ3v) is 3.29. The van der Waals surface area contributed by atoms with Crippen LogP contribution in [0.15, 0.2) is 24.3 Å². The quantitative estimate of drug-likeness (QED) is 0.820. The van der Waals surface area contributed by atoms with E-state index in [-0.39, 0.29) is 18.8 Å². The highest BCUT2D eigenvalue weighted by Crippen LogP contribution is 2.43. The summed E-state index contributed by atoms with van der Waals surface area (Å²) in [6.45, 7) is 1.85. The monoisotopic (exact) mass is 267 g/mol. The van der Waals surface area contributed by atoms with Crippen molar-refractivity contribution in [2.45, 2.75) is 24.8 Å². The Kier molecular flexibility index (Phi) is 3.83. The van der Waals surface area contributed by atoms with Gasteiger partial charge in [0.1, 0.15) is 5.54 Å². The first-order chi connectivity index (χ1) is 6.96. The topological polar surface area (TPSA) is 12.0 Å². The number of nitrogens with one attached hydrogen (secondary N) is 1. The average Bonchev–Trinajstić information content (AvgIpc) is 2.43. The van der Waals surface area contributed by atoms with E-state index in [9.17, 15) is 8.78 Å². The Bertz CT molecular complexity index is 384. The van der Waals surface area contributed by atoms with Gasteiger partial charge in [0.25, 0.3) is 5.92 Å². The zero-order valence-corrected chi connectivity index (χ0v) is 10.3. The third kappa shape index (κ3) is 2.04. The van der Waals surface area contributed by atoms with E-state index < -0.39 is 11.5 Å². The van der Waals surface area contributed by atoms with Gasteiger partial charge in [-0.1, -0.05) is 23.7 Å². The molecule has 1 heterocycles. The van der Waals surface area contributed by atoms with Crippen molar-refractivity contribution in [2.75, 3.05) is 6.54 Å². The minimum absolute atomic E-state index is 0. The molecule has 1 fully saturated rings. The van der Waals surface area contributed by atoms with Crippen LogP contribution in [0.4, 0.5) is 8.78 Å². The molecule has 16 heavy (non-hydrogen) atoms. The number of hydrogen-bond acceptors (Lipinski definition) is 1. The Morgan fingerprint density at radius 2 is 2.06 bits per heavy atom. The van der Waals surface area contributed by atoms with Crippen molar-refractivity contribution in [3.8, 4) is 0 Å². The van der Waals surface area contributed by atoms with Gasteiger partial charge in [0.15, 0.2) is 0 Å². The third-order valence-electron chi connectivity index (χ3n) is 3.05. The lowest BCUT2D eigenvalue weighted by atomic mass is 9.87. The molecule has 0 spiro atoms. The van der Waals surface area contributed by atoms with E-state index in [2.05, 4.69) is 5.32 Å². The van der Waals surface area contributed by atoms with Crippen LogP contribution in [0.5, 0.6) is 0 Å². The molecule has 1 nitrogen and oxygen atoms in total. The van der Waals surface area contributed by atoms with Crippen molar-refractivity contribution in [3.05, 3.63) is 34.9 Å². The van der Waals surface area contributed by atoms with E-state index in [1.165, 1.54) is 6.92 Å². The maximum absolute atomic E-state index is 13.7. The Morgan fingerprint density at radius 3 is 2.56 bits per heavy atom. The van der Waals surface area contributed by atoms with Gasteiger partial charge in [-0.3, -0.25) is 0 Å². The highest BCUT2D eigenvalue weighted by Gasteiger charge is 2.54. The molecule has 90 valence electrons. The molecule has 0 amide bonds. The van der Waals surface area contributed by atoms with E-state index >= 15 is 0 Å². The van der Waals surface area contributed by atoms with Crippen molar-refractivity contribution in [1.29, 1.82) is 0 Å². The maximum atomic E-state index is 13.7. The summed E-state index contributed by atoms with van der Waals surface area (Å²) in [5.41, 5.74) is -0.754. The Labute approximate surface area is 105 Å². The second-order valence-electron chi connectivity index (χ2n) is 4.02. The molecule has 0 aromatic heterocycles. The fourth-order valence-electron chi connectivity index (χ4n) is 1.96. The molecule has 1 aromatic carbocycles. The molecule has 1 aliphatic heterocycles. The molecule has 2 rings (SSSR count). The van der Waals surface area contributed by atoms with Gasteiger partial charge < -0.3 is 5.32 Å². The van der Waals surface area contributed by atoms with E-state index in [0.29, 0.717) is 17.1 Å². The summed E-state index contributed by atoms with van der Waals surface area (Å²) in [7, 11) is 0. The predicted molar refractivity (Wildman–Crippen MR) is 63.6 cm³/mol. The van der Waals surface area contributed by atoms with Crippen LogP contribution >= 0.6 is 24.0 Å². The fourth-order valence-corrected chi connectivity index (χ4v) is 2.15. The Balaban J connectivity index is 0.00000128. The van der Waals surface area contributed by atoms with Crippen molar-refractivity contribution in [2.24, 2.45) is 0 Å². The molecule has 0 radical (unpaired) electrons. The average molecular weight is 268 g/mol. The molecule has 1 N–H and O–H groups in total. The molecule has 0 aliphatic carbocycles. The standard InChI is InChI=1S/C11H12ClF2N.ClH/c1-10(11(13,14)5-6-15-10)8-3-2-4-9(12)7-8;/h2-4,7,15H,5-6H2,1H3;1H. The summed E-state index contributed by atoms with van der Waals surface area (Å²) in [6.07, 6.45) is -0.129. The van der Waals surface area contributed by atoms with Gasteiger partial charge in [0.05, 0.1) is 0 Å². The smallest absolute Gasteiger partial charge is 0.270 e. The van der Waals surface area contributed by atoms with E-state index in [0.717, 1.165) is 0 Å². The SMILES string of the molecule is CC1(c2cccc(Cl)c2)NCCC1(F)F.Cl. The van der Waals surface area contributed by atoms with Crippen molar-refractivity contribution >= 4 is 24.0 Å². The lowest BCUT2D eigenvalue weighted by Gasteiger charge is -2.31. The molecule has 1 saturated heterocycles. The number of benzene rings is 1. The van der Waals surface area contributed by atoms with Crippen LogP contribution in [-0.4, -0.2) is 12.5 Å². The molecule has 1 aliphatic rings. The van der Waals surface area contributed by atoms with Crippen LogP contribution in [-0.2, 0) is 5.54 Å². The molecular weight excluding hydrogens is 255 g/mol. The zero-order chi connectivity index (χ0) is 11.1. The lowest BCUT2D eigenvalue weighted by molar-refractivity contribution is -0.0559. The largest absolute Gasteiger partial charge is 0.302 e. The first-order valence-electron chi connectivity index (χ1n) is 4.85. The van der Waals surface area contributed by atoms with Crippen LogP contribution in [0.25, 0.3) is 0 Å². The first kappa shape index (κ1) is 13.7. The lowest BCUT2D eigenvalue weighted by Crippen LogP contribution is -2.46. The maximum Gasteiger partial charge on any atom is 0.270 e. The molecule has 1 atom stereocenters. The summed E-state index contributed by atoms with van der Waals surface area (Å²) in [5.74, 6) is -2.72. The Morgan fingerprint density at radius 1 is 1.38 bits per heavy atom. The number of hydrogen-bond donors (Lipinski definition) is 1. The van der Waals surface area contributed by atoms with Gasteiger partial charge in [0.2, 0.25) is 0 Å². The highest BCUT2D eigenvalue weighted by molar-refractivity contribution is 6.30. The summed E-state index contributed by atoms with van der Waals surface area (Å²) in [5, 5.41) is 3.34. The number of halogens is 4. The van der Waals surface area contributed by atoms with Crippen LogP contribution in [0.2, 0.25) is 5.02 Å². The molecular formula is C11H13Cl2F2N. The summed E-state index contributed by atoms with van der Waals surface area (Å²) >= 11 is 5.81. The Hall–Kier alpha value is -0.380. The van der Waals surface area contributed by atoms with Gasteiger partial charge in [-0.05, 0) is 24.6 Å². The van der Waals surface area contributed by atoms with Crippen molar-refractivity contribution in [1.82, 2.24) is 5.32 Å². The molecule has 0 bridgehead atoms. The second kappa shape index (κ2) is 4.47. The van der Waals surface area contributed by atoms with Gasteiger partial charge in [0, 0.05) is 18.0 Å². The van der Waals surface area contributed by atoms with Gasteiger partial charge in [-0.25, -0.2) is 8.78 Å². The predicted octanol–water partition coefficient (Wildman–Crippen LogP) is 3.61. The summed E-state index contributed by atoms with van der Waals surface area (Å²) in [4.78, 5) is 0. The normalized spacial score (nSPS) is 27.5. The number of alkyl halides is 2. The van der Waals surface area contributed by atoms with Gasteiger partial charge >= 0.3 is 0 Å². The molecule has 1 unspecified atom stereocenters. The number of rotatable bonds is 1. The van der Waals surface area contributed by atoms with Crippen molar-refractivity contribution < 1.29 is 8.78 Å². The molecule has 1 aromatic rings. The van der Waals surface area contributed by atoms with Crippen LogP contribution in [0.3, 0.4) is 0 Å². The van der Waals surface area contributed by atoms with E-state index in [1.54, 1.807) is 24.3 Å². The van der Waals surface area contributed by atoms with Crippen LogP contribution < -0.4 is 5.32 Å². The van der Waals surface area contributed by atoms with E-state index in [4.69, 9.17) is 11.6 Å². The fraction of sp³-hybridized carbons (Fsp3) is 0.455. The highest BCUT2D eigenvalue weighted by atomic mass is 35.5. The van der Waals surface area contributed by atoms with Gasteiger partial charge in [-0.2, -0.15) is 0 Å². The second-order valence-corrected chi connectivity index (χ2v) is 4.45. The zero-order valence-electron chi connectivity index (χ0n) is 8.77. The van der Waals surface area contributed by atoms with E-state index in [1.807, 2.05) is 0 Å². The minimum Gasteiger partial charge on any atom is -0.302 e.